The van der Waals surface area contributed by atoms with Crippen LogP contribution in [0.4, 0.5) is 10.1 Å². The second-order valence-electron chi connectivity index (χ2n) is 6.83. The van der Waals surface area contributed by atoms with E-state index in [1.807, 2.05) is 0 Å². The van der Waals surface area contributed by atoms with Crippen LogP contribution in [0.15, 0.2) is 65.6 Å². The Morgan fingerprint density at radius 1 is 0.938 bits per heavy atom. The number of ether oxygens (including phenoxy) is 2. The van der Waals surface area contributed by atoms with Crippen LogP contribution in [0.5, 0.6) is 17.2 Å². The van der Waals surface area contributed by atoms with Crippen LogP contribution in [0.25, 0.3) is 0 Å². The van der Waals surface area contributed by atoms with Gasteiger partial charge in [0.15, 0.2) is 0 Å². The van der Waals surface area contributed by atoms with Gasteiger partial charge in [0.25, 0.3) is 10.0 Å². The molecule has 1 amide bonds. The van der Waals surface area contributed by atoms with E-state index in [1.165, 1.54) is 42.5 Å². The lowest BCUT2D eigenvalue weighted by atomic mass is 10.1. The molecule has 0 aliphatic carbocycles. The van der Waals surface area contributed by atoms with Crippen molar-refractivity contribution in [1.82, 2.24) is 0 Å². The smallest absolute Gasteiger partial charge is 0.401 e. The van der Waals surface area contributed by atoms with Gasteiger partial charge in [0, 0.05) is 11.8 Å². The van der Waals surface area contributed by atoms with Crippen molar-refractivity contribution in [1.29, 1.82) is 0 Å². The number of halogens is 1. The number of hydrogen-bond acceptors (Lipinski definition) is 6. The molecule has 166 valence electrons. The van der Waals surface area contributed by atoms with Gasteiger partial charge in [-0.1, -0.05) is 6.07 Å². The molecular weight excluding hydrogens is 439 g/mol. The van der Waals surface area contributed by atoms with Crippen LogP contribution in [0.1, 0.15) is 11.1 Å². The molecular formula is C22H19FN2O6S. The summed E-state index contributed by atoms with van der Waals surface area (Å²) in [4.78, 5) is 22.2. The first-order chi connectivity index (χ1) is 15.0. The molecule has 10 heteroatoms. The minimum absolute atomic E-state index is 0.0540. The van der Waals surface area contributed by atoms with E-state index < -0.39 is 27.7 Å². The third-order valence-electron chi connectivity index (χ3n) is 4.28. The predicted molar refractivity (Wildman–Crippen MR) is 114 cm³/mol. The van der Waals surface area contributed by atoms with E-state index in [0.717, 1.165) is 12.1 Å². The largest absolute Gasteiger partial charge is 0.457 e. The zero-order valence-electron chi connectivity index (χ0n) is 17.1. The molecule has 3 aromatic rings. The molecule has 32 heavy (non-hydrogen) atoms. The molecule has 0 aliphatic rings. The Bertz CT molecular complexity index is 1270. The highest BCUT2D eigenvalue weighted by Crippen LogP contribution is 2.33. The van der Waals surface area contributed by atoms with Gasteiger partial charge < -0.3 is 15.2 Å². The zero-order chi connectivity index (χ0) is 23.5. The van der Waals surface area contributed by atoms with Crippen LogP contribution in [0.3, 0.4) is 0 Å². The van der Waals surface area contributed by atoms with E-state index >= 15 is 0 Å². The molecule has 0 radical (unpaired) electrons. The fourth-order valence-electron chi connectivity index (χ4n) is 2.84. The third-order valence-corrected chi connectivity index (χ3v) is 5.66. The van der Waals surface area contributed by atoms with Crippen molar-refractivity contribution < 1.29 is 31.9 Å². The highest BCUT2D eigenvalue weighted by Gasteiger charge is 2.17. The summed E-state index contributed by atoms with van der Waals surface area (Å²) in [5.41, 5.74) is 6.26. The number of esters is 1. The number of benzene rings is 3. The number of sulfonamides is 1. The molecule has 3 N–H and O–H groups in total. The Kier molecular flexibility index (Phi) is 6.45. The summed E-state index contributed by atoms with van der Waals surface area (Å²) in [6.07, 6.45) is 0. The van der Waals surface area contributed by atoms with E-state index in [4.69, 9.17) is 15.2 Å². The second kappa shape index (κ2) is 9.06. The lowest BCUT2D eigenvalue weighted by molar-refractivity contribution is -0.146. The first-order valence-corrected chi connectivity index (χ1v) is 10.7. The highest BCUT2D eigenvalue weighted by atomic mass is 32.2. The number of aryl methyl sites for hydroxylation is 2. The van der Waals surface area contributed by atoms with Gasteiger partial charge in [-0.25, -0.2) is 17.6 Å². The summed E-state index contributed by atoms with van der Waals surface area (Å²) >= 11 is 0. The number of primary amides is 1. The Morgan fingerprint density at radius 3 is 2.16 bits per heavy atom. The molecule has 8 nitrogen and oxygen atoms in total. The number of nitrogens with one attached hydrogen (secondary N) is 1. The summed E-state index contributed by atoms with van der Waals surface area (Å²) in [5, 5.41) is 0. The van der Waals surface area contributed by atoms with Crippen LogP contribution in [0.2, 0.25) is 0 Å². The average molecular weight is 458 g/mol. The van der Waals surface area contributed by atoms with E-state index in [0.29, 0.717) is 16.9 Å². The fraction of sp³-hybridized carbons (Fsp3) is 0.0909. The monoisotopic (exact) mass is 458 g/mol. The molecule has 0 aromatic heterocycles. The molecule has 0 bridgehead atoms. The molecule has 3 aromatic carbocycles. The van der Waals surface area contributed by atoms with Gasteiger partial charge in [0.2, 0.25) is 0 Å². The molecule has 0 unspecified atom stereocenters. The Hall–Kier alpha value is -3.92. The number of anilines is 1. The number of amides is 1. The lowest BCUT2D eigenvalue weighted by Gasteiger charge is -2.14. The molecule has 0 atom stereocenters. The van der Waals surface area contributed by atoms with Gasteiger partial charge in [-0.3, -0.25) is 9.52 Å². The van der Waals surface area contributed by atoms with Crippen LogP contribution in [-0.2, 0) is 19.6 Å². The van der Waals surface area contributed by atoms with Gasteiger partial charge in [-0.15, -0.1) is 0 Å². The SMILES string of the molecule is Cc1cc(OC(=O)C(N)=O)cc(C)c1Oc1cccc(S(=O)(=O)Nc2ccc(F)cc2)c1. The summed E-state index contributed by atoms with van der Waals surface area (Å²) in [6.45, 7) is 3.39. The fourth-order valence-corrected chi connectivity index (χ4v) is 3.94. The van der Waals surface area contributed by atoms with Crippen molar-refractivity contribution in [2.24, 2.45) is 5.73 Å². The standard InChI is InChI=1S/C22H19FN2O6S/c1-13-10-18(31-22(27)21(24)26)11-14(2)20(13)30-17-4-3-5-19(12-17)32(28,29)25-16-8-6-15(23)7-9-16/h3-12,25H,1-2H3,(H2,24,26). The van der Waals surface area contributed by atoms with Crippen LogP contribution < -0.4 is 19.9 Å². The summed E-state index contributed by atoms with van der Waals surface area (Å²) in [6, 6.07) is 13.7. The number of nitrogens with two attached hydrogens (primary N) is 1. The van der Waals surface area contributed by atoms with E-state index in [-0.39, 0.29) is 22.1 Å². The van der Waals surface area contributed by atoms with Gasteiger partial charge in [0.1, 0.15) is 23.1 Å². The van der Waals surface area contributed by atoms with Crippen molar-refractivity contribution in [2.45, 2.75) is 18.7 Å². The quantitative estimate of drug-likeness (QED) is 0.331. The number of carbonyl (C=O) groups excluding carboxylic acids is 2. The van der Waals surface area contributed by atoms with E-state index in [1.54, 1.807) is 19.9 Å². The van der Waals surface area contributed by atoms with Crippen molar-refractivity contribution in [2.75, 3.05) is 4.72 Å². The Balaban J connectivity index is 1.83. The Morgan fingerprint density at radius 2 is 1.56 bits per heavy atom. The van der Waals surface area contributed by atoms with Crippen LogP contribution >= 0.6 is 0 Å². The normalized spacial score (nSPS) is 11.0. The predicted octanol–water partition coefficient (Wildman–Crippen LogP) is 3.43. The number of rotatable bonds is 6. The van der Waals surface area contributed by atoms with E-state index in [9.17, 15) is 22.4 Å². The van der Waals surface area contributed by atoms with Crippen molar-refractivity contribution in [3.05, 3.63) is 77.6 Å². The molecule has 0 saturated carbocycles. The topological polar surface area (TPSA) is 125 Å². The van der Waals surface area contributed by atoms with Gasteiger partial charge in [-0.05, 0) is 73.5 Å². The third kappa shape index (κ3) is 5.41. The van der Waals surface area contributed by atoms with Crippen LogP contribution in [-0.4, -0.2) is 20.3 Å². The molecule has 0 heterocycles. The average Bonchev–Trinajstić information content (AvgIpc) is 2.72. The molecule has 0 aliphatic heterocycles. The molecule has 0 saturated heterocycles. The maximum atomic E-state index is 13.1. The first-order valence-electron chi connectivity index (χ1n) is 9.24. The minimum Gasteiger partial charge on any atom is -0.457 e. The highest BCUT2D eigenvalue weighted by molar-refractivity contribution is 7.92. The summed E-state index contributed by atoms with van der Waals surface area (Å²) in [5.74, 6) is -2.10. The molecule has 0 spiro atoms. The molecule has 3 rings (SSSR count). The zero-order valence-corrected chi connectivity index (χ0v) is 17.9. The lowest BCUT2D eigenvalue weighted by Crippen LogP contribution is -2.27. The minimum atomic E-state index is -3.94. The summed E-state index contributed by atoms with van der Waals surface area (Å²) in [7, 11) is -3.94. The van der Waals surface area contributed by atoms with Gasteiger partial charge >= 0.3 is 11.9 Å². The van der Waals surface area contributed by atoms with Crippen molar-refractivity contribution >= 4 is 27.6 Å². The summed E-state index contributed by atoms with van der Waals surface area (Å²) < 4.78 is 51.6. The maximum Gasteiger partial charge on any atom is 0.401 e. The second-order valence-corrected chi connectivity index (χ2v) is 8.51. The molecule has 0 fully saturated rings. The Labute approximate surface area is 183 Å². The number of hydrogen-bond donors (Lipinski definition) is 2. The van der Waals surface area contributed by atoms with Gasteiger partial charge in [0.05, 0.1) is 4.90 Å². The first kappa shape index (κ1) is 22.8. The van der Waals surface area contributed by atoms with Gasteiger partial charge in [-0.2, -0.15) is 0 Å². The number of carbonyl (C=O) groups is 2. The van der Waals surface area contributed by atoms with Crippen LogP contribution in [0, 0.1) is 19.7 Å². The maximum absolute atomic E-state index is 13.1. The van der Waals surface area contributed by atoms with Crippen molar-refractivity contribution in [3.8, 4) is 17.2 Å². The van der Waals surface area contributed by atoms with Crippen molar-refractivity contribution in [3.63, 3.8) is 0 Å². The van der Waals surface area contributed by atoms with E-state index in [2.05, 4.69) is 4.72 Å².